The highest BCUT2D eigenvalue weighted by molar-refractivity contribution is 5.21. The Morgan fingerprint density at radius 3 is 1.20 bits per heavy atom. The summed E-state index contributed by atoms with van der Waals surface area (Å²) in [6.07, 6.45) is 9.14. The van der Waals surface area contributed by atoms with Crippen molar-refractivity contribution < 1.29 is 18.9 Å². The molecule has 0 N–H and O–H groups in total. The Labute approximate surface area is 123 Å². The second-order valence-electron chi connectivity index (χ2n) is 4.18. The number of hydrogen-bond acceptors (Lipinski definition) is 4. The van der Waals surface area contributed by atoms with Gasteiger partial charge >= 0.3 is 0 Å². The van der Waals surface area contributed by atoms with Gasteiger partial charge in [0.1, 0.15) is 0 Å². The Hall–Kier alpha value is -0.940. The Morgan fingerprint density at radius 2 is 1.00 bits per heavy atom. The van der Waals surface area contributed by atoms with Crippen molar-refractivity contribution in [3.8, 4) is 0 Å². The molecule has 0 spiro atoms. The smallest absolute Gasteiger partial charge is 0.179 e. The lowest BCUT2D eigenvalue weighted by Gasteiger charge is -2.16. The monoisotopic (exact) mass is 284 g/mol. The van der Waals surface area contributed by atoms with Crippen LogP contribution in [-0.4, -0.2) is 41.0 Å². The molecule has 0 saturated heterocycles. The summed E-state index contributed by atoms with van der Waals surface area (Å²) in [6, 6.07) is 0. The van der Waals surface area contributed by atoms with E-state index in [1.165, 1.54) is 0 Å². The molecule has 20 heavy (non-hydrogen) atoms. The van der Waals surface area contributed by atoms with Crippen molar-refractivity contribution in [2.75, 3.05) is 28.4 Å². The van der Waals surface area contributed by atoms with Crippen LogP contribution in [0.1, 0.15) is 26.7 Å². The van der Waals surface area contributed by atoms with Crippen molar-refractivity contribution in [2.45, 2.75) is 39.3 Å². The van der Waals surface area contributed by atoms with Crippen molar-refractivity contribution in [3.63, 3.8) is 0 Å². The maximum absolute atomic E-state index is 5.25. The van der Waals surface area contributed by atoms with E-state index in [0.29, 0.717) is 0 Å². The van der Waals surface area contributed by atoms with E-state index < -0.39 is 0 Å². The molecular weight excluding hydrogens is 256 g/mol. The first kappa shape index (κ1) is 19.1. The van der Waals surface area contributed by atoms with Crippen LogP contribution in [0.3, 0.4) is 0 Å². The second kappa shape index (κ2) is 11.9. The topological polar surface area (TPSA) is 36.9 Å². The molecule has 0 heterocycles. The van der Waals surface area contributed by atoms with Gasteiger partial charge in [0.25, 0.3) is 0 Å². The standard InChI is InChI=1S/C16H28O4/c1-7-13(15(17-3)18-4)11-9-10-12-14(8-2)16(19-5)20-6/h9-12,15-16H,7-8H2,1-6H3. The van der Waals surface area contributed by atoms with E-state index in [1.54, 1.807) is 28.4 Å². The Bertz CT molecular complexity index is 291. The number of allylic oxidation sites excluding steroid dienone is 4. The molecule has 0 saturated carbocycles. The minimum absolute atomic E-state index is 0.287. The van der Waals surface area contributed by atoms with Crippen molar-refractivity contribution in [3.05, 3.63) is 35.5 Å². The van der Waals surface area contributed by atoms with E-state index in [4.69, 9.17) is 18.9 Å². The molecule has 0 aromatic carbocycles. The van der Waals surface area contributed by atoms with Crippen LogP contribution in [0.25, 0.3) is 0 Å². The van der Waals surface area contributed by atoms with Crippen molar-refractivity contribution >= 4 is 0 Å². The normalized spacial score (nSPS) is 14.0. The zero-order valence-electron chi connectivity index (χ0n) is 13.5. The highest BCUT2D eigenvalue weighted by atomic mass is 16.7. The van der Waals surface area contributed by atoms with Gasteiger partial charge in [0.05, 0.1) is 0 Å². The summed E-state index contributed by atoms with van der Waals surface area (Å²) in [7, 11) is 6.55. The fourth-order valence-corrected chi connectivity index (χ4v) is 1.88. The number of methoxy groups -OCH3 is 4. The third-order valence-electron chi connectivity index (χ3n) is 3.01. The Balaban J connectivity index is 4.82. The molecule has 0 radical (unpaired) electrons. The van der Waals surface area contributed by atoms with Gasteiger partial charge in [-0.3, -0.25) is 0 Å². The first-order valence-electron chi connectivity index (χ1n) is 6.85. The van der Waals surface area contributed by atoms with E-state index in [-0.39, 0.29) is 12.6 Å². The predicted molar refractivity (Wildman–Crippen MR) is 81.5 cm³/mol. The van der Waals surface area contributed by atoms with Gasteiger partial charge in [-0.05, 0) is 24.0 Å². The lowest BCUT2D eigenvalue weighted by molar-refractivity contribution is -0.0765. The molecule has 116 valence electrons. The van der Waals surface area contributed by atoms with Crippen LogP contribution < -0.4 is 0 Å². The van der Waals surface area contributed by atoms with Crippen LogP contribution >= 0.6 is 0 Å². The average Bonchev–Trinajstić information content (AvgIpc) is 2.49. The maximum atomic E-state index is 5.25. The third kappa shape index (κ3) is 6.48. The van der Waals surface area contributed by atoms with E-state index in [1.807, 2.05) is 24.3 Å². The lowest BCUT2D eigenvalue weighted by atomic mass is 10.1. The summed E-state index contributed by atoms with van der Waals surface area (Å²) in [5.41, 5.74) is 2.18. The molecule has 0 fully saturated rings. The van der Waals surface area contributed by atoms with Crippen molar-refractivity contribution in [2.24, 2.45) is 0 Å². The summed E-state index contributed by atoms with van der Waals surface area (Å²) >= 11 is 0. The summed E-state index contributed by atoms with van der Waals surface area (Å²) in [5.74, 6) is 0. The van der Waals surface area contributed by atoms with Gasteiger partial charge in [0.15, 0.2) is 12.6 Å². The molecule has 0 aromatic rings. The van der Waals surface area contributed by atoms with E-state index in [2.05, 4.69) is 13.8 Å². The molecule has 4 nitrogen and oxygen atoms in total. The van der Waals surface area contributed by atoms with Gasteiger partial charge in [0.2, 0.25) is 0 Å². The Morgan fingerprint density at radius 1 is 0.700 bits per heavy atom. The quantitative estimate of drug-likeness (QED) is 0.455. The molecule has 0 aliphatic heterocycles. The van der Waals surface area contributed by atoms with Crippen molar-refractivity contribution in [1.29, 1.82) is 0 Å². The highest BCUT2D eigenvalue weighted by Gasteiger charge is 2.09. The fraction of sp³-hybridized carbons (Fsp3) is 0.625. The summed E-state index contributed by atoms with van der Waals surface area (Å²) in [5, 5.41) is 0. The van der Waals surface area contributed by atoms with Crippen LogP contribution in [0.15, 0.2) is 35.5 Å². The summed E-state index contributed by atoms with van der Waals surface area (Å²) in [4.78, 5) is 0. The van der Waals surface area contributed by atoms with Crippen LogP contribution in [0.5, 0.6) is 0 Å². The fourth-order valence-electron chi connectivity index (χ4n) is 1.88. The first-order valence-corrected chi connectivity index (χ1v) is 6.85. The van der Waals surface area contributed by atoms with Gasteiger partial charge in [-0.25, -0.2) is 0 Å². The molecule has 0 aromatic heterocycles. The zero-order valence-corrected chi connectivity index (χ0v) is 13.5. The SMILES string of the molecule is CCC(=CC=CC=C(CC)C(OC)OC)C(OC)OC. The molecule has 0 rings (SSSR count). The minimum atomic E-state index is -0.287. The zero-order chi connectivity index (χ0) is 15.4. The van der Waals surface area contributed by atoms with Gasteiger partial charge in [0, 0.05) is 28.4 Å². The minimum Gasteiger partial charge on any atom is -0.352 e. The predicted octanol–water partition coefficient (Wildman–Crippen LogP) is 3.45. The van der Waals surface area contributed by atoms with Crippen LogP contribution in [0.2, 0.25) is 0 Å². The summed E-state index contributed by atoms with van der Waals surface area (Å²) in [6.45, 7) is 4.15. The molecule has 0 aliphatic carbocycles. The van der Waals surface area contributed by atoms with Crippen LogP contribution in [0, 0.1) is 0 Å². The number of rotatable bonds is 10. The largest absolute Gasteiger partial charge is 0.352 e. The third-order valence-corrected chi connectivity index (χ3v) is 3.01. The van der Waals surface area contributed by atoms with Crippen molar-refractivity contribution in [1.82, 2.24) is 0 Å². The van der Waals surface area contributed by atoms with Gasteiger partial charge in [-0.2, -0.15) is 0 Å². The second-order valence-corrected chi connectivity index (χ2v) is 4.18. The molecule has 0 amide bonds. The van der Waals surface area contributed by atoms with E-state index in [9.17, 15) is 0 Å². The Kier molecular flexibility index (Phi) is 11.3. The van der Waals surface area contributed by atoms with Gasteiger partial charge in [-0.1, -0.05) is 38.2 Å². The van der Waals surface area contributed by atoms with Crippen LogP contribution in [-0.2, 0) is 18.9 Å². The van der Waals surface area contributed by atoms with E-state index >= 15 is 0 Å². The first-order chi connectivity index (χ1) is 9.68. The number of ether oxygens (including phenoxy) is 4. The highest BCUT2D eigenvalue weighted by Crippen LogP contribution is 2.13. The molecule has 0 atom stereocenters. The number of hydrogen-bond donors (Lipinski definition) is 0. The van der Waals surface area contributed by atoms with Crippen LogP contribution in [0.4, 0.5) is 0 Å². The average molecular weight is 284 g/mol. The van der Waals surface area contributed by atoms with Gasteiger partial charge < -0.3 is 18.9 Å². The van der Waals surface area contributed by atoms with E-state index in [0.717, 1.165) is 24.0 Å². The molecular formula is C16H28O4. The molecule has 4 heteroatoms. The molecule has 0 unspecified atom stereocenters. The summed E-state index contributed by atoms with van der Waals surface area (Å²) < 4.78 is 21.0. The lowest BCUT2D eigenvalue weighted by Crippen LogP contribution is -2.15. The van der Waals surface area contributed by atoms with Gasteiger partial charge in [-0.15, -0.1) is 0 Å². The molecule has 0 bridgehead atoms. The molecule has 0 aliphatic rings. The maximum Gasteiger partial charge on any atom is 0.179 e.